The molecule has 2 unspecified atom stereocenters. The van der Waals surface area contributed by atoms with Gasteiger partial charge in [0.1, 0.15) is 17.0 Å². The average Bonchev–Trinajstić information content (AvgIpc) is 3.43. The molecule has 0 amide bonds. The molecule has 2 bridgehead atoms. The number of ether oxygens (including phenoxy) is 1. The summed E-state index contributed by atoms with van der Waals surface area (Å²) < 4.78 is 58.8. The minimum atomic E-state index is -4.51. The van der Waals surface area contributed by atoms with Crippen molar-refractivity contribution in [2.45, 2.75) is 75.4 Å². The highest BCUT2D eigenvalue weighted by Gasteiger charge is 2.42. The van der Waals surface area contributed by atoms with Crippen LogP contribution in [0.25, 0.3) is 22.2 Å². The summed E-state index contributed by atoms with van der Waals surface area (Å²) in [7, 11) is 0. The molecule has 4 heterocycles. The van der Waals surface area contributed by atoms with Gasteiger partial charge in [0, 0.05) is 40.2 Å². The number of piperidine rings is 1. The Labute approximate surface area is 227 Å². The first-order valence-electron chi connectivity index (χ1n) is 13.6. The predicted octanol–water partition coefficient (Wildman–Crippen LogP) is 7.40. The molecule has 3 fully saturated rings. The maximum atomic E-state index is 13.8. The second-order valence-electron chi connectivity index (χ2n) is 11.0. The summed E-state index contributed by atoms with van der Waals surface area (Å²) in [4.78, 5) is 13.7. The molecule has 2 saturated heterocycles. The van der Waals surface area contributed by atoms with E-state index in [0.717, 1.165) is 55.7 Å². The monoisotopic (exact) mass is 552 g/mol. The Kier molecular flexibility index (Phi) is 5.92. The molecule has 0 spiro atoms. The highest BCUT2D eigenvalue weighted by Crippen LogP contribution is 2.47. The minimum Gasteiger partial charge on any atom is -0.475 e. The van der Waals surface area contributed by atoms with Crippen molar-refractivity contribution in [2.75, 3.05) is 4.90 Å². The number of carboxylic acids is 1. The number of carbonyl (C=O) groups is 1. The van der Waals surface area contributed by atoms with Crippen LogP contribution in [0.2, 0.25) is 0 Å². The van der Waals surface area contributed by atoms with Crippen LogP contribution in [0.1, 0.15) is 71.9 Å². The van der Waals surface area contributed by atoms with Gasteiger partial charge in [0.15, 0.2) is 0 Å². The Hall–Kier alpha value is -3.79. The summed E-state index contributed by atoms with van der Waals surface area (Å²) in [6, 6.07) is 13.3. The Bertz CT molecular complexity index is 1570. The minimum absolute atomic E-state index is 0.0137. The number of benzene rings is 2. The maximum absolute atomic E-state index is 13.8. The van der Waals surface area contributed by atoms with Crippen molar-refractivity contribution in [1.29, 1.82) is 0 Å². The lowest BCUT2D eigenvalue weighted by Crippen LogP contribution is -2.45. The summed E-state index contributed by atoms with van der Waals surface area (Å²) in [5, 5.41) is 14.1. The van der Waals surface area contributed by atoms with Crippen molar-refractivity contribution in [3.05, 3.63) is 71.2 Å². The van der Waals surface area contributed by atoms with Gasteiger partial charge < -0.3 is 23.7 Å². The number of carboxylic acid groups (broad SMARTS) is 1. The number of alkyl halides is 3. The molecule has 7 nitrogen and oxygen atoms in total. The van der Waals surface area contributed by atoms with E-state index in [1.165, 1.54) is 12.1 Å². The summed E-state index contributed by atoms with van der Waals surface area (Å²) in [6.45, 7) is 0.153. The second kappa shape index (κ2) is 9.40. The first-order valence-corrected chi connectivity index (χ1v) is 13.6. The highest BCUT2D eigenvalue weighted by molar-refractivity contribution is 5.92. The predicted molar refractivity (Wildman–Crippen MR) is 139 cm³/mol. The molecule has 1 aliphatic carbocycles. The SMILES string of the molecule is O=C(O)c1cc2cc(N3C4CC[C@H]3CC(OCc3c(-c5ccccc5C(F)(F)F)noc3C3CC3)C4)ccc2o1. The van der Waals surface area contributed by atoms with Crippen LogP contribution < -0.4 is 4.90 Å². The van der Waals surface area contributed by atoms with Gasteiger partial charge in [0.05, 0.1) is 18.3 Å². The van der Waals surface area contributed by atoms with Gasteiger partial charge in [-0.05, 0) is 68.9 Å². The number of rotatable bonds is 7. The zero-order valence-corrected chi connectivity index (χ0v) is 21.5. The Morgan fingerprint density at radius 2 is 1.80 bits per heavy atom. The van der Waals surface area contributed by atoms with Gasteiger partial charge in [-0.2, -0.15) is 13.2 Å². The van der Waals surface area contributed by atoms with Gasteiger partial charge in [-0.1, -0.05) is 23.4 Å². The molecule has 1 saturated carbocycles. The van der Waals surface area contributed by atoms with Crippen LogP contribution in [0.5, 0.6) is 0 Å². The Balaban J connectivity index is 1.10. The molecule has 0 radical (unpaired) electrons. The molecule has 2 aromatic heterocycles. The number of furan rings is 1. The summed E-state index contributed by atoms with van der Waals surface area (Å²) in [6.07, 6.45) is 0.919. The van der Waals surface area contributed by atoms with E-state index >= 15 is 0 Å². The van der Waals surface area contributed by atoms with Gasteiger partial charge in [-0.3, -0.25) is 0 Å². The summed E-state index contributed by atoms with van der Waals surface area (Å²) in [5.41, 5.74) is 1.67. The third-order valence-corrected chi connectivity index (χ3v) is 8.42. The molecular formula is C30H27F3N2O5. The lowest BCUT2D eigenvalue weighted by molar-refractivity contribution is -0.137. The summed E-state index contributed by atoms with van der Waals surface area (Å²) in [5.74, 6) is -0.366. The van der Waals surface area contributed by atoms with E-state index in [2.05, 4.69) is 10.1 Å². The fourth-order valence-corrected chi connectivity index (χ4v) is 6.46. The maximum Gasteiger partial charge on any atom is 0.417 e. The molecule has 7 rings (SSSR count). The number of hydrogen-bond donors (Lipinski definition) is 1. The lowest BCUT2D eigenvalue weighted by atomic mass is 9.97. The van der Waals surface area contributed by atoms with E-state index in [1.54, 1.807) is 12.1 Å². The smallest absolute Gasteiger partial charge is 0.417 e. The van der Waals surface area contributed by atoms with Crippen molar-refractivity contribution >= 4 is 22.6 Å². The number of aromatic carboxylic acids is 1. The van der Waals surface area contributed by atoms with E-state index < -0.39 is 17.7 Å². The van der Waals surface area contributed by atoms with Crippen molar-refractivity contribution in [3.8, 4) is 11.3 Å². The van der Waals surface area contributed by atoms with Crippen molar-refractivity contribution in [1.82, 2.24) is 5.16 Å². The Morgan fingerprint density at radius 3 is 2.50 bits per heavy atom. The summed E-state index contributed by atoms with van der Waals surface area (Å²) >= 11 is 0. The van der Waals surface area contributed by atoms with Gasteiger partial charge in [-0.15, -0.1) is 0 Å². The number of fused-ring (bicyclic) bond motifs is 3. The van der Waals surface area contributed by atoms with E-state index in [0.29, 0.717) is 16.9 Å². The number of halogens is 3. The Morgan fingerprint density at radius 1 is 1.05 bits per heavy atom. The zero-order chi connectivity index (χ0) is 27.6. The van der Waals surface area contributed by atoms with E-state index in [9.17, 15) is 23.1 Å². The van der Waals surface area contributed by atoms with E-state index in [4.69, 9.17) is 13.7 Å². The molecule has 10 heteroatoms. The molecule has 2 aromatic carbocycles. The number of hydrogen-bond acceptors (Lipinski definition) is 6. The van der Waals surface area contributed by atoms with Crippen LogP contribution in [-0.4, -0.2) is 34.4 Å². The van der Waals surface area contributed by atoms with E-state index in [1.807, 2.05) is 18.2 Å². The van der Waals surface area contributed by atoms with Gasteiger partial charge in [-0.25, -0.2) is 4.79 Å². The first kappa shape index (κ1) is 25.2. The van der Waals surface area contributed by atoms with Crippen LogP contribution in [0, 0.1) is 0 Å². The molecule has 40 heavy (non-hydrogen) atoms. The van der Waals surface area contributed by atoms with Crippen LogP contribution in [-0.2, 0) is 17.5 Å². The van der Waals surface area contributed by atoms with Crippen LogP contribution in [0.4, 0.5) is 18.9 Å². The average molecular weight is 553 g/mol. The van der Waals surface area contributed by atoms with Gasteiger partial charge in [0.2, 0.25) is 5.76 Å². The highest BCUT2D eigenvalue weighted by atomic mass is 19.4. The fourth-order valence-electron chi connectivity index (χ4n) is 6.46. The quantitative estimate of drug-likeness (QED) is 0.256. The standard InChI is InChI=1S/C30H27F3N2O5/c31-30(32,33)24-4-2-1-3-22(24)27-23(28(40-34-27)16-5-6-16)15-38-21-13-19-7-8-20(14-21)35(19)18-9-10-25-17(11-18)12-26(39-25)29(36)37/h1-4,9-12,16,19-21H,5-8,13-15H2,(H,36,37)/t19-,20?,21?/m0/s1. The van der Waals surface area contributed by atoms with Crippen molar-refractivity contribution in [3.63, 3.8) is 0 Å². The largest absolute Gasteiger partial charge is 0.475 e. The second-order valence-corrected chi connectivity index (χ2v) is 11.0. The molecule has 208 valence electrons. The molecular weight excluding hydrogens is 525 g/mol. The molecule has 4 aromatic rings. The third kappa shape index (κ3) is 4.44. The molecule has 3 aliphatic rings. The fraction of sp³-hybridized carbons (Fsp3) is 0.400. The van der Waals surface area contributed by atoms with Gasteiger partial charge in [0.25, 0.3) is 0 Å². The van der Waals surface area contributed by atoms with E-state index in [-0.39, 0.29) is 47.7 Å². The number of anilines is 1. The number of nitrogens with zero attached hydrogens (tertiary/aromatic N) is 2. The van der Waals surface area contributed by atoms with Crippen LogP contribution in [0.15, 0.2) is 57.5 Å². The third-order valence-electron chi connectivity index (χ3n) is 8.42. The van der Waals surface area contributed by atoms with Crippen molar-refractivity contribution < 1.29 is 36.7 Å². The van der Waals surface area contributed by atoms with Crippen molar-refractivity contribution in [2.24, 2.45) is 0 Å². The first-order chi connectivity index (χ1) is 19.3. The lowest BCUT2D eigenvalue weighted by Gasteiger charge is -2.40. The van der Waals surface area contributed by atoms with Crippen LogP contribution >= 0.6 is 0 Å². The zero-order valence-electron chi connectivity index (χ0n) is 21.5. The molecule has 3 atom stereocenters. The van der Waals surface area contributed by atoms with Crippen LogP contribution in [0.3, 0.4) is 0 Å². The molecule has 1 N–H and O–H groups in total. The normalized spacial score (nSPS) is 22.8. The number of aromatic nitrogens is 1. The van der Waals surface area contributed by atoms with Gasteiger partial charge >= 0.3 is 12.1 Å². The molecule has 2 aliphatic heterocycles. The topological polar surface area (TPSA) is 88.9 Å².